The highest BCUT2D eigenvalue weighted by molar-refractivity contribution is 5.81. The second-order valence-electron chi connectivity index (χ2n) is 6.04. The lowest BCUT2D eigenvalue weighted by atomic mass is 10.1. The van der Waals surface area contributed by atoms with Crippen LogP contribution in [0.3, 0.4) is 0 Å². The molecule has 23 heavy (non-hydrogen) atoms. The molecular formula is C20H25NO2. The van der Waals surface area contributed by atoms with Crippen molar-refractivity contribution in [3.05, 3.63) is 64.7 Å². The van der Waals surface area contributed by atoms with Crippen molar-refractivity contribution in [3.8, 4) is 5.75 Å². The third kappa shape index (κ3) is 5.13. The van der Waals surface area contributed by atoms with Gasteiger partial charge >= 0.3 is 0 Å². The number of carbonyl (C=O) groups excluding carboxylic acids is 1. The van der Waals surface area contributed by atoms with Crippen molar-refractivity contribution in [2.75, 3.05) is 0 Å². The number of aryl methyl sites for hydroxylation is 3. The van der Waals surface area contributed by atoms with E-state index in [2.05, 4.69) is 11.4 Å². The molecule has 0 spiro atoms. The van der Waals surface area contributed by atoms with E-state index in [0.717, 1.165) is 22.4 Å². The van der Waals surface area contributed by atoms with Crippen molar-refractivity contribution in [2.24, 2.45) is 0 Å². The van der Waals surface area contributed by atoms with Crippen LogP contribution in [0.5, 0.6) is 5.75 Å². The summed E-state index contributed by atoms with van der Waals surface area (Å²) in [5.74, 6) is 0.673. The van der Waals surface area contributed by atoms with Crippen LogP contribution in [0, 0.1) is 20.8 Å². The smallest absolute Gasteiger partial charge is 0.261 e. The second kappa shape index (κ2) is 7.82. The van der Waals surface area contributed by atoms with E-state index in [1.54, 1.807) is 0 Å². The Labute approximate surface area is 138 Å². The zero-order chi connectivity index (χ0) is 16.8. The van der Waals surface area contributed by atoms with Gasteiger partial charge in [0.15, 0.2) is 6.10 Å². The predicted octanol–water partition coefficient (Wildman–Crippen LogP) is 4.09. The van der Waals surface area contributed by atoms with Crippen LogP contribution in [0.2, 0.25) is 0 Å². The summed E-state index contributed by atoms with van der Waals surface area (Å²) in [6, 6.07) is 14.2. The van der Waals surface area contributed by atoms with Crippen LogP contribution in [-0.4, -0.2) is 12.0 Å². The minimum absolute atomic E-state index is 0.0766. The van der Waals surface area contributed by atoms with Crippen LogP contribution in [0.25, 0.3) is 0 Å². The Balaban J connectivity index is 1.96. The van der Waals surface area contributed by atoms with Crippen LogP contribution < -0.4 is 10.1 Å². The topological polar surface area (TPSA) is 38.3 Å². The summed E-state index contributed by atoms with van der Waals surface area (Å²) < 4.78 is 5.88. The molecule has 1 N–H and O–H groups in total. The van der Waals surface area contributed by atoms with Gasteiger partial charge in [-0.1, -0.05) is 42.8 Å². The third-order valence-corrected chi connectivity index (χ3v) is 3.72. The monoisotopic (exact) mass is 311 g/mol. The van der Waals surface area contributed by atoms with Gasteiger partial charge in [0, 0.05) is 6.54 Å². The Kier molecular flexibility index (Phi) is 5.80. The average molecular weight is 311 g/mol. The highest BCUT2D eigenvalue weighted by atomic mass is 16.5. The van der Waals surface area contributed by atoms with E-state index in [9.17, 15) is 4.79 Å². The molecule has 0 radical (unpaired) electrons. The SMILES string of the molecule is CC[C@H](Oc1cc(C)cc(C)c1)C(=O)NCc1ccc(C)cc1. The van der Waals surface area contributed by atoms with Crippen LogP contribution in [-0.2, 0) is 11.3 Å². The molecule has 0 aliphatic rings. The summed E-state index contributed by atoms with van der Waals surface area (Å²) in [7, 11) is 0. The summed E-state index contributed by atoms with van der Waals surface area (Å²) in [4.78, 5) is 12.4. The molecule has 0 aliphatic heterocycles. The number of hydrogen-bond donors (Lipinski definition) is 1. The fourth-order valence-corrected chi connectivity index (χ4v) is 2.50. The molecule has 0 heterocycles. The van der Waals surface area contributed by atoms with Gasteiger partial charge in [0.25, 0.3) is 5.91 Å². The molecule has 0 aliphatic carbocycles. The fraction of sp³-hybridized carbons (Fsp3) is 0.350. The molecule has 0 saturated heterocycles. The van der Waals surface area contributed by atoms with Gasteiger partial charge in [-0.25, -0.2) is 0 Å². The Morgan fingerprint density at radius 3 is 2.17 bits per heavy atom. The molecule has 122 valence electrons. The Hall–Kier alpha value is -2.29. The molecule has 0 saturated carbocycles. The molecule has 0 unspecified atom stereocenters. The molecule has 3 nitrogen and oxygen atoms in total. The van der Waals surface area contributed by atoms with Gasteiger partial charge in [-0.05, 0) is 56.0 Å². The van der Waals surface area contributed by atoms with Gasteiger partial charge in [-0.2, -0.15) is 0 Å². The summed E-state index contributed by atoms with van der Waals surface area (Å²) in [5, 5.41) is 2.95. The molecule has 1 atom stereocenters. The van der Waals surface area contributed by atoms with Crippen LogP contribution in [0.4, 0.5) is 0 Å². The first kappa shape index (κ1) is 17.1. The minimum atomic E-state index is -0.471. The van der Waals surface area contributed by atoms with E-state index in [4.69, 9.17) is 4.74 Å². The van der Waals surface area contributed by atoms with Crippen molar-refractivity contribution in [1.29, 1.82) is 0 Å². The maximum Gasteiger partial charge on any atom is 0.261 e. The average Bonchev–Trinajstić information content (AvgIpc) is 2.51. The number of ether oxygens (including phenoxy) is 1. The highest BCUT2D eigenvalue weighted by Gasteiger charge is 2.18. The van der Waals surface area contributed by atoms with Gasteiger partial charge in [-0.3, -0.25) is 4.79 Å². The molecule has 0 aromatic heterocycles. The Bertz CT molecular complexity index is 642. The van der Waals surface area contributed by atoms with Crippen molar-refractivity contribution in [2.45, 2.75) is 46.8 Å². The Morgan fingerprint density at radius 1 is 1.00 bits per heavy atom. The Morgan fingerprint density at radius 2 is 1.61 bits per heavy atom. The molecule has 1 amide bonds. The second-order valence-corrected chi connectivity index (χ2v) is 6.04. The molecule has 2 aromatic carbocycles. The van der Waals surface area contributed by atoms with Gasteiger partial charge in [-0.15, -0.1) is 0 Å². The third-order valence-electron chi connectivity index (χ3n) is 3.72. The fourth-order valence-electron chi connectivity index (χ4n) is 2.50. The van der Waals surface area contributed by atoms with Crippen LogP contribution >= 0.6 is 0 Å². The zero-order valence-corrected chi connectivity index (χ0v) is 14.3. The standard InChI is InChI=1S/C20H25NO2/c1-5-19(23-18-11-15(3)10-16(4)12-18)20(22)21-13-17-8-6-14(2)7-9-17/h6-12,19H,5,13H2,1-4H3,(H,21,22)/t19-/m0/s1. The zero-order valence-electron chi connectivity index (χ0n) is 14.3. The van der Waals surface area contributed by atoms with Gasteiger partial charge < -0.3 is 10.1 Å². The van der Waals surface area contributed by atoms with Crippen molar-refractivity contribution >= 4 is 5.91 Å². The number of carbonyl (C=O) groups is 1. The maximum atomic E-state index is 12.4. The lowest BCUT2D eigenvalue weighted by Crippen LogP contribution is -2.37. The van der Waals surface area contributed by atoms with Crippen LogP contribution in [0.1, 0.15) is 35.6 Å². The number of hydrogen-bond acceptors (Lipinski definition) is 2. The lowest BCUT2D eigenvalue weighted by molar-refractivity contribution is -0.128. The van der Waals surface area contributed by atoms with Crippen LogP contribution in [0.15, 0.2) is 42.5 Å². The largest absolute Gasteiger partial charge is 0.481 e. The van der Waals surface area contributed by atoms with E-state index < -0.39 is 6.10 Å². The molecule has 0 bridgehead atoms. The van der Waals surface area contributed by atoms with E-state index in [0.29, 0.717) is 13.0 Å². The molecule has 2 aromatic rings. The first-order valence-electron chi connectivity index (χ1n) is 8.06. The first-order chi connectivity index (χ1) is 11.0. The van der Waals surface area contributed by atoms with Gasteiger partial charge in [0.2, 0.25) is 0 Å². The predicted molar refractivity (Wildman–Crippen MR) is 93.6 cm³/mol. The van der Waals surface area contributed by atoms with Crippen molar-refractivity contribution in [3.63, 3.8) is 0 Å². The summed E-state index contributed by atoms with van der Waals surface area (Å²) in [6.07, 6.45) is 0.161. The number of benzene rings is 2. The quantitative estimate of drug-likeness (QED) is 0.872. The van der Waals surface area contributed by atoms with Gasteiger partial charge in [0.05, 0.1) is 0 Å². The van der Waals surface area contributed by atoms with Gasteiger partial charge in [0.1, 0.15) is 5.75 Å². The molecule has 2 rings (SSSR count). The lowest BCUT2D eigenvalue weighted by Gasteiger charge is -2.18. The number of amides is 1. The summed E-state index contributed by atoms with van der Waals surface area (Å²) >= 11 is 0. The molecule has 3 heteroatoms. The highest BCUT2D eigenvalue weighted by Crippen LogP contribution is 2.18. The summed E-state index contributed by atoms with van der Waals surface area (Å²) in [6.45, 7) is 8.58. The maximum absolute atomic E-state index is 12.4. The minimum Gasteiger partial charge on any atom is -0.481 e. The number of rotatable bonds is 6. The van der Waals surface area contributed by atoms with E-state index in [-0.39, 0.29) is 5.91 Å². The molecule has 0 fully saturated rings. The van der Waals surface area contributed by atoms with Crippen molar-refractivity contribution < 1.29 is 9.53 Å². The summed E-state index contributed by atoms with van der Waals surface area (Å²) in [5.41, 5.74) is 4.57. The van der Waals surface area contributed by atoms with Crippen molar-refractivity contribution in [1.82, 2.24) is 5.32 Å². The first-order valence-corrected chi connectivity index (χ1v) is 8.06. The van der Waals surface area contributed by atoms with E-state index in [1.807, 2.05) is 64.1 Å². The van der Waals surface area contributed by atoms with E-state index in [1.165, 1.54) is 5.56 Å². The van der Waals surface area contributed by atoms with E-state index >= 15 is 0 Å². The normalized spacial score (nSPS) is 11.8. The number of nitrogens with one attached hydrogen (secondary N) is 1. The molecular weight excluding hydrogens is 286 g/mol.